The smallest absolute Gasteiger partial charge is 0.419 e. The Kier molecular flexibility index (Phi) is 9.65. The van der Waals surface area contributed by atoms with Gasteiger partial charge in [0.15, 0.2) is 4.87 Å². The predicted molar refractivity (Wildman–Crippen MR) is 161 cm³/mol. The normalized spacial score (nSPS) is 27.4. The number of sulfonamides is 1. The van der Waals surface area contributed by atoms with E-state index in [1.165, 1.54) is 11.0 Å². The second kappa shape index (κ2) is 12.7. The first-order valence-corrected chi connectivity index (χ1v) is 16.4. The van der Waals surface area contributed by atoms with E-state index in [9.17, 15) is 27.6 Å². The molecule has 4 unspecified atom stereocenters. The molecule has 0 radical (unpaired) electrons. The van der Waals surface area contributed by atoms with Crippen molar-refractivity contribution in [1.29, 1.82) is 0 Å². The Hall–Kier alpha value is -3.32. The number of nitrogens with zero attached hydrogens (tertiary/aromatic N) is 2. The van der Waals surface area contributed by atoms with Crippen LogP contribution in [0.15, 0.2) is 36.4 Å². The van der Waals surface area contributed by atoms with E-state index in [2.05, 4.69) is 10.0 Å². The van der Waals surface area contributed by atoms with E-state index in [0.717, 1.165) is 6.42 Å². The number of benzene rings is 1. The number of amides is 5. The maximum Gasteiger partial charge on any atom is 0.419 e. The van der Waals surface area contributed by atoms with Crippen molar-refractivity contribution in [2.45, 2.75) is 94.7 Å². The summed E-state index contributed by atoms with van der Waals surface area (Å²) < 4.78 is 35.4. The number of urea groups is 1. The molecule has 4 N–H and O–H groups in total. The Balaban J connectivity index is 1.65. The first kappa shape index (κ1) is 32.6. The largest absolute Gasteiger partial charge is 0.443 e. The van der Waals surface area contributed by atoms with Gasteiger partial charge < -0.3 is 20.7 Å². The van der Waals surface area contributed by atoms with Crippen LogP contribution < -0.4 is 15.8 Å². The van der Waals surface area contributed by atoms with Crippen LogP contribution in [-0.4, -0.2) is 71.3 Å². The number of fused-ring (bicyclic) bond motifs is 2. The number of nitrogens with two attached hydrogens (primary N) is 1. The summed E-state index contributed by atoms with van der Waals surface area (Å²) in [4.78, 5) is 53.7. The summed E-state index contributed by atoms with van der Waals surface area (Å²) in [6, 6.07) is 2.86. The van der Waals surface area contributed by atoms with Gasteiger partial charge in [-0.25, -0.2) is 22.9 Å². The van der Waals surface area contributed by atoms with Gasteiger partial charge in [0.1, 0.15) is 17.7 Å². The number of carbonyl (C=O) groups is 4. The summed E-state index contributed by atoms with van der Waals surface area (Å²) in [5.74, 6) is -1.72. The van der Waals surface area contributed by atoms with E-state index in [4.69, 9.17) is 22.1 Å². The highest BCUT2D eigenvalue weighted by atomic mass is 35.5. The van der Waals surface area contributed by atoms with Gasteiger partial charge in [0, 0.05) is 17.5 Å². The summed E-state index contributed by atoms with van der Waals surface area (Å²) >= 11 is 6.06. The van der Waals surface area contributed by atoms with Crippen LogP contribution in [0.2, 0.25) is 5.02 Å². The van der Waals surface area contributed by atoms with Gasteiger partial charge in [0.2, 0.25) is 11.8 Å². The molecular formula is C29H40ClN5O7S. The van der Waals surface area contributed by atoms with Crippen molar-refractivity contribution in [3.8, 4) is 0 Å². The zero-order valence-corrected chi connectivity index (χ0v) is 26.2. The molecule has 4 atom stereocenters. The fraction of sp³-hybridized carbons (Fsp3) is 0.586. The highest BCUT2D eigenvalue weighted by Gasteiger charge is 2.64. The molecule has 1 aliphatic carbocycles. The van der Waals surface area contributed by atoms with Crippen molar-refractivity contribution in [3.05, 3.63) is 41.4 Å². The second-order valence-corrected chi connectivity index (χ2v) is 14.6. The molecule has 1 saturated carbocycles. The Morgan fingerprint density at radius 2 is 1.91 bits per heavy atom. The van der Waals surface area contributed by atoms with Gasteiger partial charge in [-0.2, -0.15) is 0 Å². The molecule has 2 aliphatic heterocycles. The molecule has 4 rings (SSSR count). The molecule has 2 heterocycles. The lowest BCUT2D eigenvalue weighted by Gasteiger charge is -2.34. The number of allylic oxidation sites excluding steroid dienone is 1. The number of halogens is 1. The van der Waals surface area contributed by atoms with Crippen LogP contribution in [0.4, 0.5) is 15.3 Å². The Bertz CT molecular complexity index is 1400. The van der Waals surface area contributed by atoms with E-state index in [1.54, 1.807) is 39.0 Å². The first-order chi connectivity index (χ1) is 20.1. The SMILES string of the molecule is CC(C)(C)OC(=O)N(C(N)=O)C1CCCCC/C=C\C2CC2(S(=O)(=O)Nc2cccc(Cl)c2)NC(=O)C2CCCN2C1=O. The molecule has 1 aromatic carbocycles. The summed E-state index contributed by atoms with van der Waals surface area (Å²) in [5, 5.41) is 3.11. The lowest BCUT2D eigenvalue weighted by atomic mass is 10.0. The summed E-state index contributed by atoms with van der Waals surface area (Å²) in [6.07, 6.45) is 6.28. The third-order valence-electron chi connectivity index (χ3n) is 7.83. The minimum Gasteiger partial charge on any atom is -0.443 e. The number of anilines is 1. The quantitative estimate of drug-likeness (QED) is 0.417. The number of primary amides is 1. The first-order valence-electron chi connectivity index (χ1n) is 14.5. The highest BCUT2D eigenvalue weighted by Crippen LogP contribution is 2.50. The van der Waals surface area contributed by atoms with E-state index in [1.807, 2.05) is 12.2 Å². The molecule has 14 heteroatoms. The van der Waals surface area contributed by atoms with Gasteiger partial charge in [0.25, 0.3) is 10.0 Å². The van der Waals surface area contributed by atoms with Crippen LogP contribution in [0.5, 0.6) is 0 Å². The van der Waals surface area contributed by atoms with Gasteiger partial charge in [-0.3, -0.25) is 14.3 Å². The van der Waals surface area contributed by atoms with E-state index < -0.39 is 62.4 Å². The summed E-state index contributed by atoms with van der Waals surface area (Å²) in [7, 11) is -4.16. The zero-order chi connectivity index (χ0) is 31.6. The van der Waals surface area contributed by atoms with Gasteiger partial charge in [-0.05, 0) is 77.5 Å². The van der Waals surface area contributed by atoms with Crippen LogP contribution in [0, 0.1) is 5.92 Å². The van der Waals surface area contributed by atoms with E-state index >= 15 is 0 Å². The average Bonchev–Trinajstić information content (AvgIpc) is 3.36. The van der Waals surface area contributed by atoms with E-state index in [-0.39, 0.29) is 31.5 Å². The number of hydrogen-bond donors (Lipinski definition) is 3. The van der Waals surface area contributed by atoms with Crippen molar-refractivity contribution in [1.82, 2.24) is 15.1 Å². The minimum absolute atomic E-state index is 0.139. The predicted octanol–water partition coefficient (Wildman–Crippen LogP) is 4.11. The molecule has 3 aliphatic rings. The van der Waals surface area contributed by atoms with Crippen molar-refractivity contribution in [2.75, 3.05) is 11.3 Å². The van der Waals surface area contributed by atoms with Crippen LogP contribution in [0.3, 0.4) is 0 Å². The average molecular weight is 638 g/mol. The molecule has 1 saturated heterocycles. The third-order valence-corrected chi connectivity index (χ3v) is 10.1. The topological polar surface area (TPSA) is 168 Å². The van der Waals surface area contributed by atoms with Crippen LogP contribution >= 0.6 is 11.6 Å². The van der Waals surface area contributed by atoms with Gasteiger partial charge in [-0.1, -0.05) is 42.7 Å². The van der Waals surface area contributed by atoms with Crippen LogP contribution in [0.1, 0.15) is 72.1 Å². The molecule has 12 nitrogen and oxygen atoms in total. The molecule has 236 valence electrons. The fourth-order valence-electron chi connectivity index (χ4n) is 5.68. The second-order valence-electron chi connectivity index (χ2n) is 12.3. The molecular weight excluding hydrogens is 598 g/mol. The van der Waals surface area contributed by atoms with Crippen molar-refractivity contribution >= 4 is 51.3 Å². The van der Waals surface area contributed by atoms with Crippen LogP contribution in [-0.2, 0) is 24.3 Å². The molecule has 0 spiro atoms. The molecule has 2 fully saturated rings. The Morgan fingerprint density at radius 3 is 2.58 bits per heavy atom. The lowest BCUT2D eigenvalue weighted by Crippen LogP contribution is -2.59. The number of carbonyl (C=O) groups excluding carboxylic acids is 4. The Labute approximate surface area is 257 Å². The molecule has 5 amide bonds. The van der Waals surface area contributed by atoms with Gasteiger partial charge in [0.05, 0.1) is 5.69 Å². The number of imide groups is 1. The molecule has 43 heavy (non-hydrogen) atoms. The maximum atomic E-state index is 14.0. The van der Waals surface area contributed by atoms with E-state index in [0.29, 0.717) is 35.6 Å². The number of ether oxygens (including phenoxy) is 1. The van der Waals surface area contributed by atoms with Crippen molar-refractivity contribution in [2.24, 2.45) is 11.7 Å². The standard InChI is InChI=1S/C29H40ClN5O7S/c1-28(2,3)42-27(39)35(26(31)38)23-14-8-6-4-5-7-11-19-18-29(19,32-24(36)22-15-10-16-34(22)25(23)37)43(40,41)33-21-13-9-12-20(30)17-21/h7,9,11-13,17,19,22-23,33H,4-6,8,10,14-16,18H2,1-3H3,(H2,31,38)(H,32,36)/b11-7-. The molecule has 0 bridgehead atoms. The minimum atomic E-state index is -4.16. The Morgan fingerprint density at radius 1 is 1.16 bits per heavy atom. The summed E-state index contributed by atoms with van der Waals surface area (Å²) in [5.41, 5.74) is 4.91. The number of hydrogen-bond acceptors (Lipinski definition) is 7. The monoisotopic (exact) mass is 637 g/mol. The van der Waals surface area contributed by atoms with Crippen molar-refractivity contribution in [3.63, 3.8) is 0 Å². The zero-order valence-electron chi connectivity index (χ0n) is 24.7. The number of rotatable bonds is 4. The molecule has 0 aromatic heterocycles. The van der Waals surface area contributed by atoms with Crippen molar-refractivity contribution < 1.29 is 32.3 Å². The van der Waals surface area contributed by atoms with Gasteiger partial charge >= 0.3 is 12.1 Å². The lowest BCUT2D eigenvalue weighted by molar-refractivity contribution is -0.142. The maximum absolute atomic E-state index is 14.0. The summed E-state index contributed by atoms with van der Waals surface area (Å²) in [6.45, 7) is 5.09. The fourth-order valence-corrected chi connectivity index (χ4v) is 7.60. The van der Waals surface area contributed by atoms with Gasteiger partial charge in [-0.15, -0.1) is 0 Å². The highest BCUT2D eigenvalue weighted by molar-refractivity contribution is 7.94. The van der Waals surface area contributed by atoms with Crippen LogP contribution in [0.25, 0.3) is 0 Å². The molecule has 1 aromatic rings. The number of nitrogens with one attached hydrogen (secondary N) is 2. The third kappa shape index (κ3) is 7.43.